The Balaban J connectivity index is 2.04. The van der Waals surface area contributed by atoms with E-state index < -0.39 is 0 Å². The fraction of sp³-hybridized carbons (Fsp3) is 0.294. The van der Waals surface area contributed by atoms with Crippen LogP contribution in [0.5, 0.6) is 5.75 Å². The van der Waals surface area contributed by atoms with E-state index in [1.54, 1.807) is 7.11 Å². The Morgan fingerprint density at radius 2 is 1.74 bits per heavy atom. The highest BCUT2D eigenvalue weighted by molar-refractivity contribution is 5.71. The molecule has 1 aliphatic heterocycles. The van der Waals surface area contributed by atoms with Crippen LogP contribution < -0.4 is 10.1 Å². The van der Waals surface area contributed by atoms with Crippen LogP contribution in [-0.2, 0) is 12.8 Å². The molecule has 0 aliphatic carbocycles. The molecule has 0 saturated carbocycles. The molecule has 3 rings (SSSR count). The van der Waals surface area contributed by atoms with Gasteiger partial charge in [0, 0.05) is 5.56 Å². The van der Waals surface area contributed by atoms with Crippen LogP contribution in [-0.4, -0.2) is 20.2 Å². The molecular weight excluding hydrogens is 234 g/mol. The minimum Gasteiger partial charge on any atom is -0.496 e. The van der Waals surface area contributed by atoms with E-state index >= 15 is 0 Å². The minimum atomic E-state index is 0.939. The van der Waals surface area contributed by atoms with E-state index in [9.17, 15) is 0 Å². The molecule has 2 aromatic rings. The summed E-state index contributed by atoms with van der Waals surface area (Å²) >= 11 is 0. The highest BCUT2D eigenvalue weighted by Gasteiger charge is 2.10. The molecule has 0 aromatic heterocycles. The van der Waals surface area contributed by atoms with Crippen molar-refractivity contribution in [1.82, 2.24) is 5.32 Å². The van der Waals surface area contributed by atoms with Gasteiger partial charge >= 0.3 is 0 Å². The Kier molecular flexibility index (Phi) is 3.51. The largest absolute Gasteiger partial charge is 0.496 e. The third kappa shape index (κ3) is 2.49. The van der Waals surface area contributed by atoms with E-state index in [1.165, 1.54) is 22.3 Å². The molecule has 0 fully saturated rings. The topological polar surface area (TPSA) is 21.3 Å². The van der Waals surface area contributed by atoms with Gasteiger partial charge in [0.15, 0.2) is 0 Å². The summed E-state index contributed by atoms with van der Waals surface area (Å²) in [6.07, 6.45) is 2.24. The molecule has 98 valence electrons. The Morgan fingerprint density at radius 3 is 2.58 bits per heavy atom. The molecule has 0 spiro atoms. The van der Waals surface area contributed by atoms with Crippen molar-refractivity contribution in [1.29, 1.82) is 0 Å². The Hall–Kier alpha value is -1.80. The van der Waals surface area contributed by atoms with E-state index in [0.29, 0.717) is 0 Å². The van der Waals surface area contributed by atoms with E-state index in [0.717, 1.165) is 31.7 Å². The van der Waals surface area contributed by atoms with Crippen molar-refractivity contribution in [2.45, 2.75) is 12.8 Å². The van der Waals surface area contributed by atoms with Crippen LogP contribution in [0.2, 0.25) is 0 Å². The summed E-state index contributed by atoms with van der Waals surface area (Å²) in [5.41, 5.74) is 5.36. The molecule has 19 heavy (non-hydrogen) atoms. The van der Waals surface area contributed by atoms with Gasteiger partial charge in [-0.25, -0.2) is 0 Å². The lowest BCUT2D eigenvalue weighted by atomic mass is 9.96. The van der Waals surface area contributed by atoms with Crippen molar-refractivity contribution in [3.05, 3.63) is 53.6 Å². The van der Waals surface area contributed by atoms with E-state index in [4.69, 9.17) is 4.74 Å². The molecule has 0 atom stereocenters. The highest BCUT2D eigenvalue weighted by Crippen LogP contribution is 2.31. The molecule has 2 nitrogen and oxygen atoms in total. The molecule has 0 amide bonds. The molecule has 1 N–H and O–H groups in total. The predicted octanol–water partition coefficient (Wildman–Crippen LogP) is 3.05. The second kappa shape index (κ2) is 5.45. The van der Waals surface area contributed by atoms with E-state index in [-0.39, 0.29) is 0 Å². The number of hydrogen-bond acceptors (Lipinski definition) is 2. The maximum absolute atomic E-state index is 5.46. The van der Waals surface area contributed by atoms with Crippen molar-refractivity contribution in [2.75, 3.05) is 20.2 Å². The maximum Gasteiger partial charge on any atom is 0.126 e. The maximum atomic E-state index is 5.46. The third-order valence-electron chi connectivity index (χ3n) is 3.77. The van der Waals surface area contributed by atoms with Crippen molar-refractivity contribution >= 4 is 0 Å². The standard InChI is InChI=1S/C17H19NO/c1-19-17-5-3-2-4-16(17)15-7-6-13-8-10-18-11-9-14(13)12-15/h2-7,12,18H,8-11H2,1H3. The Labute approximate surface area is 114 Å². The predicted molar refractivity (Wildman–Crippen MR) is 78.7 cm³/mol. The number of nitrogens with one attached hydrogen (secondary N) is 1. The number of methoxy groups -OCH3 is 1. The van der Waals surface area contributed by atoms with Gasteiger partial charge in [0.2, 0.25) is 0 Å². The van der Waals surface area contributed by atoms with Crippen LogP contribution in [0.1, 0.15) is 11.1 Å². The van der Waals surface area contributed by atoms with Crippen LogP contribution in [0.25, 0.3) is 11.1 Å². The van der Waals surface area contributed by atoms with Crippen molar-refractivity contribution < 1.29 is 4.74 Å². The van der Waals surface area contributed by atoms with Crippen LogP contribution in [0.15, 0.2) is 42.5 Å². The molecule has 1 aliphatic rings. The normalized spacial score (nSPS) is 14.6. The lowest BCUT2D eigenvalue weighted by Gasteiger charge is -2.11. The number of hydrogen-bond donors (Lipinski definition) is 1. The summed E-state index contributed by atoms with van der Waals surface area (Å²) < 4.78 is 5.46. The molecule has 0 unspecified atom stereocenters. The highest BCUT2D eigenvalue weighted by atomic mass is 16.5. The lowest BCUT2D eigenvalue weighted by molar-refractivity contribution is 0.416. The van der Waals surface area contributed by atoms with Crippen LogP contribution in [0.3, 0.4) is 0 Å². The lowest BCUT2D eigenvalue weighted by Crippen LogP contribution is -2.16. The van der Waals surface area contributed by atoms with Crippen molar-refractivity contribution in [3.63, 3.8) is 0 Å². The quantitative estimate of drug-likeness (QED) is 0.888. The molecule has 0 radical (unpaired) electrons. The van der Waals surface area contributed by atoms with Crippen molar-refractivity contribution in [2.24, 2.45) is 0 Å². The third-order valence-corrected chi connectivity index (χ3v) is 3.77. The smallest absolute Gasteiger partial charge is 0.126 e. The van der Waals surface area contributed by atoms with Crippen LogP contribution in [0, 0.1) is 0 Å². The molecule has 0 bridgehead atoms. The summed E-state index contributed by atoms with van der Waals surface area (Å²) in [6.45, 7) is 2.16. The molecule has 2 heteroatoms. The fourth-order valence-corrected chi connectivity index (χ4v) is 2.72. The van der Waals surface area contributed by atoms with Gasteiger partial charge in [-0.2, -0.15) is 0 Å². The first kappa shape index (κ1) is 12.2. The summed E-state index contributed by atoms with van der Waals surface area (Å²) in [7, 11) is 1.73. The number of benzene rings is 2. The zero-order chi connectivity index (χ0) is 13.1. The molecule has 0 saturated heterocycles. The van der Waals surface area contributed by atoms with Crippen LogP contribution in [0.4, 0.5) is 0 Å². The second-order valence-electron chi connectivity index (χ2n) is 4.93. The Morgan fingerprint density at radius 1 is 0.947 bits per heavy atom. The SMILES string of the molecule is COc1ccccc1-c1ccc2c(c1)CCNCC2. The summed E-state index contributed by atoms with van der Waals surface area (Å²) in [4.78, 5) is 0. The van der Waals surface area contributed by atoms with Gasteiger partial charge in [-0.3, -0.25) is 0 Å². The minimum absolute atomic E-state index is 0.939. The number of para-hydroxylation sites is 1. The van der Waals surface area contributed by atoms with Gasteiger partial charge in [-0.1, -0.05) is 36.4 Å². The first-order valence-corrected chi connectivity index (χ1v) is 6.84. The summed E-state index contributed by atoms with van der Waals surface area (Å²) in [6, 6.07) is 15.0. The first-order chi connectivity index (χ1) is 9.38. The van der Waals surface area contributed by atoms with Gasteiger partial charge in [0.1, 0.15) is 5.75 Å². The monoisotopic (exact) mass is 253 g/mol. The number of ether oxygens (including phenoxy) is 1. The average Bonchev–Trinajstić information content (AvgIpc) is 2.71. The van der Waals surface area contributed by atoms with Gasteiger partial charge in [0.25, 0.3) is 0 Å². The van der Waals surface area contributed by atoms with Gasteiger partial charge in [0.05, 0.1) is 7.11 Å². The van der Waals surface area contributed by atoms with Gasteiger partial charge in [-0.15, -0.1) is 0 Å². The summed E-state index contributed by atoms with van der Waals surface area (Å²) in [5, 5.41) is 3.45. The fourth-order valence-electron chi connectivity index (χ4n) is 2.72. The molecule has 1 heterocycles. The average molecular weight is 253 g/mol. The van der Waals surface area contributed by atoms with E-state index in [2.05, 4.69) is 35.6 Å². The van der Waals surface area contributed by atoms with E-state index in [1.807, 2.05) is 12.1 Å². The van der Waals surface area contributed by atoms with Crippen LogP contribution >= 0.6 is 0 Å². The zero-order valence-electron chi connectivity index (χ0n) is 11.3. The molecular formula is C17H19NO. The van der Waals surface area contributed by atoms with Crippen molar-refractivity contribution in [3.8, 4) is 16.9 Å². The molecule has 2 aromatic carbocycles. The van der Waals surface area contributed by atoms with Gasteiger partial charge in [-0.05, 0) is 48.7 Å². The number of fused-ring (bicyclic) bond motifs is 1. The summed E-state index contributed by atoms with van der Waals surface area (Å²) in [5.74, 6) is 0.939. The van der Waals surface area contributed by atoms with Gasteiger partial charge < -0.3 is 10.1 Å². The second-order valence-corrected chi connectivity index (χ2v) is 4.93. The Bertz CT molecular complexity index is 577. The number of rotatable bonds is 2. The first-order valence-electron chi connectivity index (χ1n) is 6.84. The zero-order valence-corrected chi connectivity index (χ0v) is 11.3.